The van der Waals surface area contributed by atoms with E-state index in [9.17, 15) is 4.79 Å². The van der Waals surface area contributed by atoms with Crippen LogP contribution in [0.15, 0.2) is 18.5 Å². The minimum atomic E-state index is -0.231. The Morgan fingerprint density at radius 3 is 2.76 bits per heavy atom. The van der Waals surface area contributed by atoms with Crippen LogP contribution in [0.3, 0.4) is 0 Å². The van der Waals surface area contributed by atoms with Crippen molar-refractivity contribution in [2.24, 2.45) is 0 Å². The molecule has 4 nitrogen and oxygen atoms in total. The average molecular weight is 232 g/mol. The molecule has 2 rings (SSSR count). The Balaban J connectivity index is 2.36. The minimum Gasteiger partial charge on any atom is -0.465 e. The fourth-order valence-electron chi connectivity index (χ4n) is 1.78. The molecule has 0 N–H and O–H groups in total. The molecule has 1 aromatic heterocycles. The number of esters is 1. The monoisotopic (exact) mass is 232 g/mol. The molecule has 0 unspecified atom stereocenters. The summed E-state index contributed by atoms with van der Waals surface area (Å²) in [4.78, 5) is 15.7. The van der Waals surface area contributed by atoms with E-state index < -0.39 is 0 Å². The Hall–Kier alpha value is -1.84. The number of carbonyl (C=O) groups is 1. The first-order valence-electron chi connectivity index (χ1n) is 5.69. The van der Waals surface area contributed by atoms with Crippen LogP contribution in [0.1, 0.15) is 18.1 Å². The smallest absolute Gasteiger partial charge is 0.325 e. The van der Waals surface area contributed by atoms with E-state index in [4.69, 9.17) is 4.74 Å². The number of nitrogens with zero attached hydrogens (tertiary/aromatic N) is 2. The van der Waals surface area contributed by atoms with Crippen LogP contribution in [0, 0.1) is 13.8 Å². The molecule has 0 aliphatic carbocycles. The number of hydrogen-bond donors (Lipinski definition) is 0. The first kappa shape index (κ1) is 11.6. The zero-order valence-electron chi connectivity index (χ0n) is 10.4. The summed E-state index contributed by atoms with van der Waals surface area (Å²) in [6, 6.07) is 4.09. The molecule has 0 amide bonds. The van der Waals surface area contributed by atoms with E-state index >= 15 is 0 Å². The van der Waals surface area contributed by atoms with Gasteiger partial charge in [-0.15, -0.1) is 0 Å². The highest BCUT2D eigenvalue weighted by atomic mass is 16.5. The lowest BCUT2D eigenvalue weighted by atomic mass is 10.1. The summed E-state index contributed by atoms with van der Waals surface area (Å²) < 4.78 is 6.75. The van der Waals surface area contributed by atoms with E-state index in [1.54, 1.807) is 13.3 Å². The van der Waals surface area contributed by atoms with Gasteiger partial charge in [0.25, 0.3) is 0 Å². The van der Waals surface area contributed by atoms with Crippen molar-refractivity contribution in [1.29, 1.82) is 0 Å². The molecule has 17 heavy (non-hydrogen) atoms. The molecule has 0 bridgehead atoms. The molecule has 4 heteroatoms. The van der Waals surface area contributed by atoms with Gasteiger partial charge in [0.05, 0.1) is 24.0 Å². The lowest BCUT2D eigenvalue weighted by Crippen LogP contribution is -2.12. The molecule has 1 heterocycles. The second kappa shape index (κ2) is 4.57. The van der Waals surface area contributed by atoms with E-state index in [1.807, 2.05) is 10.6 Å². The van der Waals surface area contributed by atoms with Gasteiger partial charge in [-0.3, -0.25) is 4.79 Å². The van der Waals surface area contributed by atoms with Gasteiger partial charge in [0.15, 0.2) is 0 Å². The van der Waals surface area contributed by atoms with Crippen LogP contribution in [-0.4, -0.2) is 22.1 Å². The zero-order valence-corrected chi connectivity index (χ0v) is 10.4. The molecule has 90 valence electrons. The summed E-state index contributed by atoms with van der Waals surface area (Å²) in [5.74, 6) is -0.231. The number of imidazole rings is 1. The highest BCUT2D eigenvalue weighted by Crippen LogP contribution is 2.18. The Labute approximate surface area is 100 Å². The Bertz CT molecular complexity index is 558. The highest BCUT2D eigenvalue weighted by Gasteiger charge is 2.08. The van der Waals surface area contributed by atoms with Crippen LogP contribution in [0.25, 0.3) is 11.0 Å². The van der Waals surface area contributed by atoms with Crippen LogP contribution >= 0.6 is 0 Å². The number of aromatic nitrogens is 2. The summed E-state index contributed by atoms with van der Waals surface area (Å²) in [6.07, 6.45) is 1.68. The van der Waals surface area contributed by atoms with Gasteiger partial charge in [0, 0.05) is 0 Å². The predicted molar refractivity (Wildman–Crippen MR) is 65.8 cm³/mol. The van der Waals surface area contributed by atoms with Gasteiger partial charge in [-0.2, -0.15) is 0 Å². The van der Waals surface area contributed by atoms with Crippen LogP contribution in [0.4, 0.5) is 0 Å². The van der Waals surface area contributed by atoms with E-state index in [-0.39, 0.29) is 12.5 Å². The summed E-state index contributed by atoms with van der Waals surface area (Å²) in [5.41, 5.74) is 4.29. The molecule has 0 saturated heterocycles. The molecule has 0 aliphatic rings. The molecule has 0 saturated carbocycles. The summed E-state index contributed by atoms with van der Waals surface area (Å²) in [6.45, 7) is 6.53. The largest absolute Gasteiger partial charge is 0.465 e. The molecule has 0 radical (unpaired) electrons. The molecule has 0 spiro atoms. The molecule has 0 fully saturated rings. The van der Waals surface area contributed by atoms with Crippen LogP contribution in [-0.2, 0) is 16.1 Å². The Morgan fingerprint density at radius 2 is 2.06 bits per heavy atom. The highest BCUT2D eigenvalue weighted by molar-refractivity contribution is 5.79. The number of rotatable bonds is 3. The molecule has 0 aliphatic heterocycles. The van der Waals surface area contributed by atoms with Gasteiger partial charge >= 0.3 is 5.97 Å². The maximum Gasteiger partial charge on any atom is 0.325 e. The molecular formula is C13H16N2O2. The van der Waals surface area contributed by atoms with Crippen LogP contribution < -0.4 is 0 Å². The van der Waals surface area contributed by atoms with Gasteiger partial charge in [-0.05, 0) is 44.0 Å². The molecule has 2 aromatic rings. The maximum absolute atomic E-state index is 11.4. The second-order valence-corrected chi connectivity index (χ2v) is 4.10. The number of hydrogen-bond acceptors (Lipinski definition) is 3. The van der Waals surface area contributed by atoms with Crippen molar-refractivity contribution in [1.82, 2.24) is 9.55 Å². The summed E-state index contributed by atoms with van der Waals surface area (Å²) in [7, 11) is 0. The van der Waals surface area contributed by atoms with Crippen molar-refractivity contribution in [3.8, 4) is 0 Å². The van der Waals surface area contributed by atoms with E-state index in [0.29, 0.717) is 6.61 Å². The number of ether oxygens (including phenoxy) is 1. The molecule has 0 atom stereocenters. The lowest BCUT2D eigenvalue weighted by Gasteiger charge is -2.05. The van der Waals surface area contributed by atoms with Crippen molar-refractivity contribution in [3.63, 3.8) is 0 Å². The first-order chi connectivity index (χ1) is 8.11. The predicted octanol–water partition coefficient (Wildman–Crippen LogP) is 2.22. The topological polar surface area (TPSA) is 44.1 Å². The van der Waals surface area contributed by atoms with Crippen molar-refractivity contribution in [3.05, 3.63) is 29.6 Å². The van der Waals surface area contributed by atoms with Crippen molar-refractivity contribution < 1.29 is 9.53 Å². The van der Waals surface area contributed by atoms with Gasteiger partial charge in [0.1, 0.15) is 6.54 Å². The fourth-order valence-corrected chi connectivity index (χ4v) is 1.78. The molecule has 1 aromatic carbocycles. The zero-order chi connectivity index (χ0) is 12.4. The molecular weight excluding hydrogens is 216 g/mol. The third-order valence-corrected chi connectivity index (χ3v) is 2.84. The first-order valence-corrected chi connectivity index (χ1v) is 5.69. The second-order valence-electron chi connectivity index (χ2n) is 4.10. The van der Waals surface area contributed by atoms with Crippen LogP contribution in [0.5, 0.6) is 0 Å². The Kier molecular flexibility index (Phi) is 3.13. The van der Waals surface area contributed by atoms with Gasteiger partial charge in [-0.25, -0.2) is 4.98 Å². The summed E-state index contributed by atoms with van der Waals surface area (Å²) >= 11 is 0. The van der Waals surface area contributed by atoms with Crippen molar-refractivity contribution in [2.75, 3.05) is 6.61 Å². The maximum atomic E-state index is 11.4. The fraction of sp³-hybridized carbons (Fsp3) is 0.385. The van der Waals surface area contributed by atoms with Gasteiger partial charge < -0.3 is 9.30 Å². The van der Waals surface area contributed by atoms with E-state index in [1.165, 1.54) is 11.1 Å². The normalized spacial score (nSPS) is 10.8. The standard InChI is InChI=1S/C13H16N2O2/c1-4-17-13(16)7-15-8-14-11-5-9(2)10(3)6-12(11)15/h5-6,8H,4,7H2,1-3H3. The SMILES string of the molecule is CCOC(=O)Cn1cnc2cc(C)c(C)cc21. The third kappa shape index (κ3) is 2.30. The van der Waals surface area contributed by atoms with E-state index in [0.717, 1.165) is 11.0 Å². The van der Waals surface area contributed by atoms with Gasteiger partial charge in [-0.1, -0.05) is 0 Å². The minimum absolute atomic E-state index is 0.215. The quantitative estimate of drug-likeness (QED) is 0.762. The van der Waals surface area contributed by atoms with Gasteiger partial charge in [0.2, 0.25) is 0 Å². The summed E-state index contributed by atoms with van der Waals surface area (Å²) in [5, 5.41) is 0. The van der Waals surface area contributed by atoms with E-state index in [2.05, 4.69) is 24.9 Å². The number of fused-ring (bicyclic) bond motifs is 1. The van der Waals surface area contributed by atoms with Crippen molar-refractivity contribution >= 4 is 17.0 Å². The number of carbonyl (C=O) groups excluding carboxylic acids is 1. The van der Waals surface area contributed by atoms with Crippen LogP contribution in [0.2, 0.25) is 0 Å². The van der Waals surface area contributed by atoms with Crippen molar-refractivity contribution in [2.45, 2.75) is 27.3 Å². The lowest BCUT2D eigenvalue weighted by molar-refractivity contribution is -0.143. The number of benzene rings is 1. The Morgan fingerprint density at radius 1 is 1.35 bits per heavy atom. The average Bonchev–Trinajstić information content (AvgIpc) is 2.63. The third-order valence-electron chi connectivity index (χ3n) is 2.84. The number of aryl methyl sites for hydroxylation is 2.